The Morgan fingerprint density at radius 1 is 1.13 bits per heavy atom. The molecule has 0 radical (unpaired) electrons. The van der Waals surface area contributed by atoms with Crippen molar-refractivity contribution < 1.29 is 17.9 Å². The zero-order chi connectivity index (χ0) is 21.4. The summed E-state index contributed by atoms with van der Waals surface area (Å²) < 4.78 is 39.2. The number of fused-ring (bicyclic) bond motifs is 1. The number of rotatable bonds is 7. The highest BCUT2D eigenvalue weighted by Gasteiger charge is 2.41. The molecule has 5 rings (SSSR count). The molecule has 31 heavy (non-hydrogen) atoms. The number of methoxy groups -OCH3 is 1. The van der Waals surface area contributed by atoms with Crippen LogP contribution in [-0.4, -0.2) is 73.0 Å². The van der Waals surface area contributed by atoms with Gasteiger partial charge in [-0.15, -0.1) is 0 Å². The largest absolute Gasteiger partial charge is 0.472 e. The molecule has 166 valence electrons. The van der Waals surface area contributed by atoms with Crippen LogP contribution in [-0.2, 0) is 21.4 Å². The zero-order valence-electron chi connectivity index (χ0n) is 17.7. The summed E-state index contributed by atoms with van der Waals surface area (Å²) in [5.41, 5.74) is 1.90. The van der Waals surface area contributed by atoms with Crippen LogP contribution in [0.25, 0.3) is 0 Å². The maximum atomic E-state index is 13.2. The van der Waals surface area contributed by atoms with Crippen molar-refractivity contribution in [1.82, 2.24) is 19.2 Å². The molecule has 0 spiro atoms. The molecule has 2 saturated heterocycles. The molecular weight excluding hydrogens is 416 g/mol. The number of ether oxygens (including phenoxy) is 2. The minimum Gasteiger partial charge on any atom is -0.472 e. The first-order valence-electron chi connectivity index (χ1n) is 10.8. The topological polar surface area (TPSA) is 84.9 Å². The molecule has 1 saturated carbocycles. The summed E-state index contributed by atoms with van der Waals surface area (Å²) >= 11 is 0. The van der Waals surface area contributed by atoms with Crippen LogP contribution in [0.1, 0.15) is 36.4 Å². The quantitative estimate of drug-likeness (QED) is 0.646. The van der Waals surface area contributed by atoms with Crippen LogP contribution in [0.3, 0.4) is 0 Å². The van der Waals surface area contributed by atoms with E-state index in [4.69, 9.17) is 9.47 Å². The van der Waals surface area contributed by atoms with Crippen LogP contribution in [0, 0.1) is 0 Å². The normalized spacial score (nSPS) is 24.8. The first-order chi connectivity index (χ1) is 15.0. The standard InChI is InChI=1S/C22H28N4O4S/c1-29-15-16-3-2-4-20(9-16)31(27,28)26-8-7-25-14-19(10-18(25)13-26)30-22-12-23-21(11-24-22)17-5-6-17/h2-4,9,11-12,17-19H,5-8,10,13-15H2,1H3/t18-,19+/m0/s1. The smallest absolute Gasteiger partial charge is 0.243 e. The molecule has 0 amide bonds. The predicted octanol–water partition coefficient (Wildman–Crippen LogP) is 2.03. The van der Waals surface area contributed by atoms with Crippen molar-refractivity contribution >= 4 is 10.0 Å². The third-order valence-corrected chi connectivity index (χ3v) is 8.18. The molecule has 8 nitrogen and oxygen atoms in total. The number of hydrogen-bond acceptors (Lipinski definition) is 7. The van der Waals surface area contributed by atoms with Crippen molar-refractivity contribution in [3.63, 3.8) is 0 Å². The highest BCUT2D eigenvalue weighted by Crippen LogP contribution is 2.38. The minimum absolute atomic E-state index is 0.00115. The van der Waals surface area contributed by atoms with Crippen molar-refractivity contribution in [1.29, 1.82) is 0 Å². The van der Waals surface area contributed by atoms with Gasteiger partial charge in [0.05, 0.1) is 29.6 Å². The van der Waals surface area contributed by atoms with E-state index >= 15 is 0 Å². The molecule has 2 aromatic rings. The van der Waals surface area contributed by atoms with Gasteiger partial charge in [0.15, 0.2) is 0 Å². The average molecular weight is 445 g/mol. The van der Waals surface area contributed by atoms with Gasteiger partial charge in [-0.3, -0.25) is 9.88 Å². The predicted molar refractivity (Wildman–Crippen MR) is 114 cm³/mol. The number of hydrogen-bond donors (Lipinski definition) is 0. The molecule has 3 fully saturated rings. The molecule has 3 heterocycles. The lowest BCUT2D eigenvalue weighted by Crippen LogP contribution is -2.51. The fraction of sp³-hybridized carbons (Fsp3) is 0.545. The van der Waals surface area contributed by atoms with E-state index in [2.05, 4.69) is 14.9 Å². The van der Waals surface area contributed by atoms with Crippen molar-refractivity contribution in [3.05, 3.63) is 47.9 Å². The Bertz CT molecular complexity index is 1030. The van der Waals surface area contributed by atoms with E-state index in [1.54, 1.807) is 35.8 Å². The van der Waals surface area contributed by atoms with Gasteiger partial charge in [-0.25, -0.2) is 13.4 Å². The lowest BCUT2D eigenvalue weighted by molar-refractivity contribution is 0.151. The van der Waals surface area contributed by atoms with Crippen LogP contribution in [0.5, 0.6) is 5.88 Å². The van der Waals surface area contributed by atoms with Gasteiger partial charge in [-0.2, -0.15) is 4.31 Å². The van der Waals surface area contributed by atoms with Gasteiger partial charge in [0.25, 0.3) is 0 Å². The first-order valence-corrected chi connectivity index (χ1v) is 12.3. The molecule has 2 atom stereocenters. The Hall–Kier alpha value is -2.07. The Labute approximate surface area is 183 Å². The monoisotopic (exact) mass is 444 g/mol. The molecule has 9 heteroatoms. The molecule has 3 aliphatic rings. The molecule has 1 aliphatic carbocycles. The Morgan fingerprint density at radius 3 is 2.74 bits per heavy atom. The lowest BCUT2D eigenvalue weighted by atomic mass is 10.2. The zero-order valence-corrected chi connectivity index (χ0v) is 18.5. The average Bonchev–Trinajstić information content (AvgIpc) is 3.54. The van der Waals surface area contributed by atoms with E-state index in [1.165, 1.54) is 12.8 Å². The summed E-state index contributed by atoms with van der Waals surface area (Å²) in [6, 6.07) is 7.15. The molecular formula is C22H28N4O4S. The lowest BCUT2D eigenvalue weighted by Gasteiger charge is -2.36. The summed E-state index contributed by atoms with van der Waals surface area (Å²) in [7, 11) is -1.93. The highest BCUT2D eigenvalue weighted by atomic mass is 32.2. The maximum absolute atomic E-state index is 13.2. The van der Waals surface area contributed by atoms with E-state index in [-0.39, 0.29) is 12.1 Å². The van der Waals surface area contributed by atoms with Crippen LogP contribution < -0.4 is 4.74 Å². The molecule has 1 aromatic carbocycles. The Morgan fingerprint density at radius 2 is 2.00 bits per heavy atom. The Balaban J connectivity index is 1.22. The number of nitrogens with zero attached hydrogens (tertiary/aromatic N) is 4. The van der Waals surface area contributed by atoms with Gasteiger partial charge >= 0.3 is 0 Å². The van der Waals surface area contributed by atoms with Gasteiger partial charge in [0, 0.05) is 51.7 Å². The highest BCUT2D eigenvalue weighted by molar-refractivity contribution is 7.89. The van der Waals surface area contributed by atoms with Gasteiger partial charge < -0.3 is 9.47 Å². The minimum atomic E-state index is -3.54. The number of sulfonamides is 1. The van der Waals surface area contributed by atoms with E-state index in [0.29, 0.717) is 42.9 Å². The van der Waals surface area contributed by atoms with E-state index < -0.39 is 10.0 Å². The second-order valence-corrected chi connectivity index (χ2v) is 10.6. The van der Waals surface area contributed by atoms with Gasteiger partial charge in [-0.1, -0.05) is 12.1 Å². The van der Waals surface area contributed by atoms with E-state index in [0.717, 1.165) is 24.2 Å². The summed E-state index contributed by atoms with van der Waals surface area (Å²) in [4.78, 5) is 11.5. The van der Waals surface area contributed by atoms with Crippen molar-refractivity contribution in [2.45, 2.75) is 48.8 Å². The number of piperazine rings is 1. The molecule has 1 aromatic heterocycles. The van der Waals surface area contributed by atoms with Crippen molar-refractivity contribution in [2.75, 3.05) is 33.3 Å². The number of benzene rings is 1. The summed E-state index contributed by atoms with van der Waals surface area (Å²) in [6.07, 6.45) is 6.71. The SMILES string of the molecule is COCc1cccc(S(=O)(=O)N2CCN3C[C@H](Oc4cnc(C5CC5)cn4)C[C@H]3C2)c1. The molecule has 0 unspecified atom stereocenters. The van der Waals surface area contributed by atoms with Crippen molar-refractivity contribution in [2.24, 2.45) is 0 Å². The molecule has 0 bridgehead atoms. The van der Waals surface area contributed by atoms with E-state index in [9.17, 15) is 8.42 Å². The van der Waals surface area contributed by atoms with Gasteiger partial charge in [0.2, 0.25) is 15.9 Å². The van der Waals surface area contributed by atoms with Crippen LogP contribution >= 0.6 is 0 Å². The summed E-state index contributed by atoms with van der Waals surface area (Å²) in [5, 5.41) is 0. The van der Waals surface area contributed by atoms with Crippen LogP contribution in [0.15, 0.2) is 41.6 Å². The second kappa shape index (κ2) is 8.46. The summed E-state index contributed by atoms with van der Waals surface area (Å²) in [5.74, 6) is 1.12. The first kappa shape index (κ1) is 20.8. The third kappa shape index (κ3) is 4.45. The molecule has 2 aliphatic heterocycles. The third-order valence-electron chi connectivity index (χ3n) is 6.32. The van der Waals surface area contributed by atoms with Crippen LogP contribution in [0.4, 0.5) is 0 Å². The second-order valence-electron chi connectivity index (χ2n) is 8.62. The van der Waals surface area contributed by atoms with Crippen LogP contribution in [0.2, 0.25) is 0 Å². The number of aromatic nitrogens is 2. The van der Waals surface area contributed by atoms with Gasteiger partial charge in [0.1, 0.15) is 6.10 Å². The van der Waals surface area contributed by atoms with E-state index in [1.807, 2.05) is 12.3 Å². The Kier molecular flexibility index (Phi) is 5.68. The molecule has 0 N–H and O–H groups in total. The summed E-state index contributed by atoms with van der Waals surface area (Å²) in [6.45, 7) is 2.84. The fourth-order valence-corrected chi connectivity index (χ4v) is 6.07. The maximum Gasteiger partial charge on any atom is 0.243 e. The van der Waals surface area contributed by atoms with Crippen molar-refractivity contribution in [3.8, 4) is 5.88 Å². The van der Waals surface area contributed by atoms with Gasteiger partial charge in [-0.05, 0) is 30.5 Å². The fourth-order valence-electron chi connectivity index (χ4n) is 4.53.